The van der Waals surface area contributed by atoms with E-state index in [9.17, 15) is 8.42 Å². The third-order valence-electron chi connectivity index (χ3n) is 6.81. The molecule has 2 aromatic rings. The summed E-state index contributed by atoms with van der Waals surface area (Å²) in [4.78, 5) is 1.82. The van der Waals surface area contributed by atoms with E-state index >= 15 is 0 Å². The molecule has 4 aliphatic rings. The van der Waals surface area contributed by atoms with Crippen LogP contribution in [0.2, 0.25) is 0 Å². The minimum atomic E-state index is -3.81. The van der Waals surface area contributed by atoms with Gasteiger partial charge in [-0.1, -0.05) is 0 Å². The highest BCUT2D eigenvalue weighted by molar-refractivity contribution is 7.89. The van der Waals surface area contributed by atoms with E-state index in [-0.39, 0.29) is 10.4 Å². The van der Waals surface area contributed by atoms with Gasteiger partial charge in [-0.05, 0) is 67.7 Å². The third kappa shape index (κ3) is 3.00. The lowest BCUT2D eigenvalue weighted by Gasteiger charge is -2.61. The molecule has 0 spiro atoms. The topological polar surface area (TPSA) is 108 Å². The molecule has 10 heteroatoms. The molecule has 1 aromatic heterocycles. The Morgan fingerprint density at radius 2 is 1.90 bits per heavy atom. The number of hydrogen-bond donors (Lipinski definition) is 1. The molecular formula is C19H25N5O4S. The predicted octanol–water partition coefficient (Wildman–Crippen LogP) is 1.72. The van der Waals surface area contributed by atoms with E-state index in [1.165, 1.54) is 26.6 Å². The predicted molar refractivity (Wildman–Crippen MR) is 103 cm³/mol. The molecule has 2 unspecified atom stereocenters. The molecule has 29 heavy (non-hydrogen) atoms. The van der Waals surface area contributed by atoms with E-state index in [4.69, 9.17) is 9.47 Å². The van der Waals surface area contributed by atoms with Crippen molar-refractivity contribution in [3.8, 4) is 11.5 Å². The second-order valence-electron chi connectivity index (χ2n) is 8.81. The first kappa shape index (κ1) is 18.8. The number of tetrazole rings is 1. The van der Waals surface area contributed by atoms with Crippen molar-refractivity contribution in [3.63, 3.8) is 0 Å². The van der Waals surface area contributed by atoms with Crippen molar-refractivity contribution in [2.24, 2.45) is 11.8 Å². The van der Waals surface area contributed by atoms with Gasteiger partial charge in [0, 0.05) is 11.6 Å². The van der Waals surface area contributed by atoms with Gasteiger partial charge in [0.05, 0.1) is 19.8 Å². The Kier molecular flexibility index (Phi) is 4.15. The maximum Gasteiger partial charge on any atom is 0.244 e. The fraction of sp³-hybridized carbons (Fsp3) is 0.632. The van der Waals surface area contributed by atoms with Gasteiger partial charge in [0.15, 0.2) is 6.33 Å². The Labute approximate surface area is 169 Å². The number of nitrogens with zero attached hydrogens (tertiary/aromatic N) is 4. The molecule has 1 aromatic carbocycles. The first-order valence-corrected chi connectivity index (χ1v) is 11.3. The molecule has 4 bridgehead atoms. The second kappa shape index (κ2) is 6.40. The highest BCUT2D eigenvalue weighted by Gasteiger charge is 2.60. The summed E-state index contributed by atoms with van der Waals surface area (Å²) in [7, 11) is -0.832. The van der Waals surface area contributed by atoms with Gasteiger partial charge >= 0.3 is 0 Å². The van der Waals surface area contributed by atoms with Crippen molar-refractivity contribution in [3.05, 3.63) is 24.5 Å². The van der Waals surface area contributed by atoms with Crippen LogP contribution in [0, 0.1) is 11.8 Å². The molecule has 2 atom stereocenters. The Bertz CT molecular complexity index is 1010. The Hall–Kier alpha value is -2.20. The molecule has 1 heterocycles. The number of ether oxygens (including phenoxy) is 2. The summed E-state index contributed by atoms with van der Waals surface area (Å²) in [5.41, 5.74) is -0.772. The van der Waals surface area contributed by atoms with Crippen molar-refractivity contribution >= 4 is 10.0 Å². The SMILES string of the molecule is COc1ccc(OC)c(S(=O)(=O)NC23CC4CC(C2)CC(n2ncnn2)(C4)C3)c1. The molecule has 4 saturated carbocycles. The smallest absolute Gasteiger partial charge is 0.244 e. The molecule has 6 rings (SSSR count). The van der Waals surface area contributed by atoms with Crippen LogP contribution in [0.4, 0.5) is 0 Å². The molecule has 1 N–H and O–H groups in total. The van der Waals surface area contributed by atoms with E-state index in [1.54, 1.807) is 16.9 Å². The van der Waals surface area contributed by atoms with Gasteiger partial charge in [-0.3, -0.25) is 0 Å². The molecular weight excluding hydrogens is 394 g/mol. The standard InChI is InChI=1S/C19H25N5O4S/c1-27-15-3-4-16(28-2)17(6-15)29(25,26)22-18-7-13-5-14(8-18)10-19(9-13,11-18)24-21-12-20-23-24/h3-4,6,12-14,22H,5,7-11H2,1-2H3. The molecule has 0 aliphatic heterocycles. The zero-order chi connectivity index (χ0) is 20.3. The molecule has 4 aliphatic carbocycles. The molecule has 4 fully saturated rings. The summed E-state index contributed by atoms with van der Waals surface area (Å²) < 4.78 is 40.6. The number of aromatic nitrogens is 4. The van der Waals surface area contributed by atoms with Crippen molar-refractivity contribution in [1.82, 2.24) is 24.9 Å². The zero-order valence-electron chi connectivity index (χ0n) is 16.5. The van der Waals surface area contributed by atoms with Crippen LogP contribution in [0.5, 0.6) is 11.5 Å². The van der Waals surface area contributed by atoms with Crippen LogP contribution in [0.3, 0.4) is 0 Å². The zero-order valence-corrected chi connectivity index (χ0v) is 17.4. The molecule has 9 nitrogen and oxygen atoms in total. The minimum absolute atomic E-state index is 0.100. The fourth-order valence-corrected chi connectivity index (χ4v) is 7.89. The first-order chi connectivity index (χ1) is 13.9. The van der Waals surface area contributed by atoms with E-state index in [2.05, 4.69) is 20.1 Å². The normalized spacial score (nSPS) is 33.0. The maximum atomic E-state index is 13.5. The van der Waals surface area contributed by atoms with Crippen LogP contribution in [0.15, 0.2) is 29.4 Å². The van der Waals surface area contributed by atoms with Crippen LogP contribution >= 0.6 is 0 Å². The van der Waals surface area contributed by atoms with Gasteiger partial charge < -0.3 is 9.47 Å². The van der Waals surface area contributed by atoms with Gasteiger partial charge in [-0.15, -0.1) is 10.2 Å². The third-order valence-corrected chi connectivity index (χ3v) is 8.41. The monoisotopic (exact) mass is 419 g/mol. The minimum Gasteiger partial charge on any atom is -0.497 e. The van der Waals surface area contributed by atoms with E-state index in [1.807, 2.05) is 0 Å². The lowest BCUT2D eigenvalue weighted by molar-refractivity contribution is -0.0768. The molecule has 0 radical (unpaired) electrons. The molecule has 0 saturated heterocycles. The summed E-state index contributed by atoms with van der Waals surface area (Å²) in [5.74, 6) is 1.69. The van der Waals surface area contributed by atoms with Gasteiger partial charge in [0.2, 0.25) is 10.0 Å². The molecule has 156 valence electrons. The number of hydrogen-bond acceptors (Lipinski definition) is 7. The van der Waals surface area contributed by atoms with Crippen LogP contribution in [0.1, 0.15) is 38.5 Å². The summed E-state index contributed by atoms with van der Waals surface area (Å²) in [6.07, 6.45) is 6.91. The number of benzene rings is 1. The van der Waals surface area contributed by atoms with Crippen molar-refractivity contribution < 1.29 is 17.9 Å². The quantitative estimate of drug-likeness (QED) is 0.759. The Balaban J connectivity index is 1.52. The fourth-order valence-electron chi connectivity index (χ4n) is 6.29. The first-order valence-electron chi connectivity index (χ1n) is 9.87. The van der Waals surface area contributed by atoms with Gasteiger partial charge in [-0.25, -0.2) is 13.1 Å². The van der Waals surface area contributed by atoms with Crippen molar-refractivity contribution in [1.29, 1.82) is 0 Å². The van der Waals surface area contributed by atoms with Gasteiger partial charge in [-0.2, -0.15) is 4.80 Å². The highest BCUT2D eigenvalue weighted by atomic mass is 32.2. The largest absolute Gasteiger partial charge is 0.497 e. The number of sulfonamides is 1. The summed E-state index contributed by atoms with van der Waals surface area (Å²) in [6, 6.07) is 4.82. The van der Waals surface area contributed by atoms with Crippen LogP contribution in [-0.2, 0) is 15.6 Å². The Morgan fingerprint density at radius 3 is 2.52 bits per heavy atom. The average Bonchev–Trinajstić information content (AvgIpc) is 3.21. The van der Waals surface area contributed by atoms with E-state index < -0.39 is 15.6 Å². The number of rotatable bonds is 6. The van der Waals surface area contributed by atoms with Gasteiger partial charge in [0.1, 0.15) is 16.4 Å². The second-order valence-corrected chi connectivity index (χ2v) is 10.5. The average molecular weight is 420 g/mol. The van der Waals surface area contributed by atoms with E-state index in [0.29, 0.717) is 29.8 Å². The summed E-state index contributed by atoms with van der Waals surface area (Å²) >= 11 is 0. The van der Waals surface area contributed by atoms with E-state index in [0.717, 1.165) is 32.1 Å². The van der Waals surface area contributed by atoms with Crippen LogP contribution < -0.4 is 14.2 Å². The van der Waals surface area contributed by atoms with Crippen LogP contribution in [0.25, 0.3) is 0 Å². The summed E-state index contributed by atoms with van der Waals surface area (Å²) in [6.45, 7) is 0. The maximum absolute atomic E-state index is 13.5. The van der Waals surface area contributed by atoms with Crippen molar-refractivity contribution in [2.45, 2.75) is 54.5 Å². The summed E-state index contributed by atoms with van der Waals surface area (Å²) in [5, 5.41) is 12.4. The number of nitrogens with one attached hydrogen (secondary N) is 1. The highest BCUT2D eigenvalue weighted by Crippen LogP contribution is 2.60. The van der Waals surface area contributed by atoms with Crippen molar-refractivity contribution in [2.75, 3.05) is 14.2 Å². The lowest BCUT2D eigenvalue weighted by atomic mass is 9.50. The van der Waals surface area contributed by atoms with Gasteiger partial charge in [0.25, 0.3) is 0 Å². The lowest BCUT2D eigenvalue weighted by Crippen LogP contribution is -2.66. The number of methoxy groups -OCH3 is 2. The molecule has 0 amide bonds. The Morgan fingerprint density at radius 1 is 1.14 bits per heavy atom. The van der Waals surface area contributed by atoms with Crippen LogP contribution in [-0.4, -0.2) is 48.4 Å².